The van der Waals surface area contributed by atoms with Crippen LogP contribution in [0.25, 0.3) is 43.8 Å². The van der Waals surface area contributed by atoms with Gasteiger partial charge in [0, 0.05) is 9.52 Å². The molecule has 0 aliphatic carbocycles. The Balaban J connectivity index is 0.000000421. The molecule has 0 nitrogen and oxygen atoms in total. The maximum Gasteiger partial charge on any atom is 4.00 e. The van der Waals surface area contributed by atoms with Gasteiger partial charge in [-0.2, -0.15) is 12.1 Å². The Morgan fingerprint density at radius 1 is 0.562 bits per heavy atom. The van der Waals surface area contributed by atoms with Gasteiger partial charge in [0.05, 0.1) is 0 Å². The molecule has 0 fully saturated rings. The molecule has 0 N–H and O–H groups in total. The Bertz CT molecular complexity index is 1830. The van der Waals surface area contributed by atoms with E-state index in [2.05, 4.69) is 185 Å². The van der Waals surface area contributed by atoms with Crippen LogP contribution in [0.5, 0.6) is 0 Å². The third-order valence-corrected chi connectivity index (χ3v) is 8.46. The molecule has 6 aromatic rings. The molecular weight excluding hydrogens is 806 g/mol. The van der Waals surface area contributed by atoms with Crippen LogP contribution in [0.15, 0.2) is 109 Å². The molecule has 0 heterocycles. The van der Waals surface area contributed by atoms with Gasteiger partial charge in [-0.05, 0) is 39.0 Å². The minimum Gasteiger partial charge on any atom is -1.00 e. The van der Waals surface area contributed by atoms with Gasteiger partial charge in [-0.15, -0.1) is 69.1 Å². The molecule has 48 heavy (non-hydrogen) atoms. The van der Waals surface area contributed by atoms with Gasteiger partial charge in [0.1, 0.15) is 0 Å². The fraction of sp³-hybridized carbons (Fsp3) is 0.318. The van der Waals surface area contributed by atoms with E-state index in [1.165, 1.54) is 66.1 Å². The van der Waals surface area contributed by atoms with Crippen molar-refractivity contribution in [2.24, 2.45) is 0 Å². The molecule has 2 radical (unpaired) electrons. The summed E-state index contributed by atoms with van der Waals surface area (Å²) in [6, 6.07) is 40.4. The van der Waals surface area contributed by atoms with Crippen LogP contribution in [0.3, 0.4) is 0 Å². The molecule has 0 aromatic heterocycles. The number of hydrogen-bond acceptors (Lipinski definition) is 0. The normalized spacial score (nSPS) is 11.0. The Morgan fingerprint density at radius 2 is 0.938 bits per heavy atom. The summed E-state index contributed by atoms with van der Waals surface area (Å²) in [5.74, 6) is 0.573. The average Bonchev–Trinajstić information content (AvgIpc) is 3.60. The van der Waals surface area contributed by atoms with Crippen molar-refractivity contribution in [3.05, 3.63) is 131 Å². The van der Waals surface area contributed by atoms with E-state index < -0.39 is 0 Å². The summed E-state index contributed by atoms with van der Waals surface area (Å²) in [6.45, 7) is 24.5. The quantitative estimate of drug-likeness (QED) is 0.130. The molecule has 6 aromatic carbocycles. The fourth-order valence-electron chi connectivity index (χ4n) is 5.78. The van der Waals surface area contributed by atoms with Gasteiger partial charge in [0.15, 0.2) is 0 Å². The number of rotatable bonds is 3. The van der Waals surface area contributed by atoms with Crippen LogP contribution in [0, 0.1) is 6.92 Å². The predicted octanol–water partition coefficient (Wildman–Crippen LogP) is 7.27. The third-order valence-electron chi connectivity index (χ3n) is 8.46. The largest absolute Gasteiger partial charge is 4.00 e. The topological polar surface area (TPSA) is 0 Å². The first kappa shape index (κ1) is 43.8. The van der Waals surface area contributed by atoms with Gasteiger partial charge in [-0.1, -0.05) is 147 Å². The van der Waals surface area contributed by atoms with Crippen LogP contribution in [0.4, 0.5) is 0 Å². The van der Waals surface area contributed by atoms with Crippen molar-refractivity contribution in [2.45, 2.75) is 92.2 Å². The van der Waals surface area contributed by atoms with Crippen molar-refractivity contribution in [1.82, 2.24) is 0 Å². The molecule has 0 aliphatic rings. The summed E-state index contributed by atoms with van der Waals surface area (Å²) in [5.41, 5.74) is 11.2. The summed E-state index contributed by atoms with van der Waals surface area (Å²) in [7, 11) is 1.08. The van der Waals surface area contributed by atoms with E-state index in [1.807, 2.05) is 0 Å². The van der Waals surface area contributed by atoms with Gasteiger partial charge in [-0.3, -0.25) is 0 Å². The minimum atomic E-state index is 0. The Hall–Kier alpha value is -2.23. The van der Waals surface area contributed by atoms with Gasteiger partial charge in [0.2, 0.25) is 0 Å². The zero-order valence-corrected chi connectivity index (χ0v) is 36.8. The number of aryl methyl sites for hydroxylation is 1. The SMILES string of the molecule is CC(C)c1cc2c(-c3ccc(C(C)(C)C)cc3)cccc2[cH-]1.C[Si]C.Cc1cc2c(-c3ccc(C(C)(C)C)cc3)cccc2[cH-]1.[Cl-].[Cl-].[Hf+4]. The van der Waals surface area contributed by atoms with Gasteiger partial charge in [-0.25, -0.2) is 0 Å². The number of benzene rings is 4. The molecule has 0 amide bonds. The second-order valence-corrected chi connectivity index (χ2v) is 15.7. The van der Waals surface area contributed by atoms with Crippen LogP contribution in [-0.4, -0.2) is 9.52 Å². The van der Waals surface area contributed by atoms with Crippen molar-refractivity contribution in [3.63, 3.8) is 0 Å². The van der Waals surface area contributed by atoms with E-state index in [0.29, 0.717) is 5.92 Å². The summed E-state index contributed by atoms with van der Waals surface area (Å²) in [4.78, 5) is 0. The van der Waals surface area contributed by atoms with Crippen LogP contribution in [0.2, 0.25) is 13.1 Å². The summed E-state index contributed by atoms with van der Waals surface area (Å²) >= 11 is 0. The standard InChI is InChI=1S/C22H25.C20H21.C2H6Si.2ClH.Hf/c1-15(2)18-13-17-7-6-8-20(21(17)14-18)16-9-11-19(12-10-16)22(3,4)5;1-14-12-16-6-5-7-18(19(16)13-14)15-8-10-17(11-9-15)20(2,3)4;1-3-2;;;/h6-15H,1-5H3;5-13H,1-4H3;1-2H3;2*1H;/q2*-1;;;;+4/p-2. The van der Waals surface area contributed by atoms with Crippen LogP contribution >= 0.6 is 0 Å². The van der Waals surface area contributed by atoms with E-state index in [4.69, 9.17) is 0 Å². The Kier molecular flexibility index (Phi) is 17.0. The zero-order chi connectivity index (χ0) is 32.9. The third kappa shape index (κ3) is 10.9. The van der Waals surface area contributed by atoms with Crippen molar-refractivity contribution >= 4 is 31.1 Å². The van der Waals surface area contributed by atoms with Crippen molar-refractivity contribution in [1.29, 1.82) is 0 Å². The first-order chi connectivity index (χ1) is 21.2. The zero-order valence-electron chi connectivity index (χ0n) is 30.7. The first-order valence-corrected chi connectivity index (χ1v) is 18.4. The van der Waals surface area contributed by atoms with Crippen LogP contribution in [0.1, 0.15) is 83.6 Å². The van der Waals surface area contributed by atoms with E-state index >= 15 is 0 Å². The number of fused-ring (bicyclic) bond motifs is 2. The molecule has 250 valence electrons. The summed E-state index contributed by atoms with van der Waals surface area (Å²) < 4.78 is 0. The first-order valence-electron chi connectivity index (χ1n) is 16.4. The van der Waals surface area contributed by atoms with Gasteiger partial charge < -0.3 is 24.8 Å². The van der Waals surface area contributed by atoms with E-state index in [1.54, 1.807) is 0 Å². The van der Waals surface area contributed by atoms with Gasteiger partial charge in [0.25, 0.3) is 0 Å². The van der Waals surface area contributed by atoms with Gasteiger partial charge >= 0.3 is 25.8 Å². The molecule has 0 unspecified atom stereocenters. The van der Waals surface area contributed by atoms with Crippen LogP contribution in [-0.2, 0) is 36.7 Å². The van der Waals surface area contributed by atoms with Crippen molar-refractivity contribution in [3.8, 4) is 22.3 Å². The number of halogens is 2. The second-order valence-electron chi connectivity index (χ2n) is 14.7. The second kappa shape index (κ2) is 18.7. The molecule has 4 heteroatoms. The molecule has 0 atom stereocenters. The minimum absolute atomic E-state index is 0. The number of hydrogen-bond donors (Lipinski definition) is 0. The molecule has 0 spiro atoms. The maximum atomic E-state index is 2.35. The monoisotopic (exact) mass is 858 g/mol. The smallest absolute Gasteiger partial charge is 1.00 e. The van der Waals surface area contributed by atoms with E-state index in [0.717, 1.165) is 9.52 Å². The van der Waals surface area contributed by atoms with E-state index in [9.17, 15) is 0 Å². The molecule has 0 bridgehead atoms. The molecule has 6 rings (SSSR count). The summed E-state index contributed by atoms with van der Waals surface area (Å²) in [5, 5.41) is 5.41. The Morgan fingerprint density at radius 3 is 1.31 bits per heavy atom. The molecule has 0 saturated heterocycles. The summed E-state index contributed by atoms with van der Waals surface area (Å²) in [6.07, 6.45) is 0. The fourth-order valence-corrected chi connectivity index (χ4v) is 5.78. The van der Waals surface area contributed by atoms with Crippen molar-refractivity contribution < 1.29 is 50.7 Å². The molecule has 0 saturated carbocycles. The Labute approximate surface area is 325 Å². The van der Waals surface area contributed by atoms with Crippen LogP contribution < -0.4 is 24.8 Å². The van der Waals surface area contributed by atoms with E-state index in [-0.39, 0.29) is 61.5 Å². The molecular formula is C44H52Cl2HfSi. The maximum absolute atomic E-state index is 2.35. The average molecular weight is 858 g/mol. The molecule has 0 aliphatic heterocycles. The van der Waals surface area contributed by atoms with Crippen molar-refractivity contribution in [2.75, 3.05) is 0 Å². The predicted molar refractivity (Wildman–Crippen MR) is 204 cm³/mol.